The minimum atomic E-state index is -0.930. The van der Waals surface area contributed by atoms with Crippen LogP contribution < -0.4 is 20.5 Å². The predicted molar refractivity (Wildman–Crippen MR) is 158 cm³/mol. The number of carbonyl (C=O) groups is 1. The number of nitrogens with one attached hydrogen (secondary N) is 1. The van der Waals surface area contributed by atoms with Gasteiger partial charge in [-0.2, -0.15) is 5.10 Å². The summed E-state index contributed by atoms with van der Waals surface area (Å²) >= 11 is 0. The van der Waals surface area contributed by atoms with Gasteiger partial charge in [0.15, 0.2) is 0 Å². The number of pyridine rings is 1. The van der Waals surface area contributed by atoms with Gasteiger partial charge in [-0.15, -0.1) is 0 Å². The first-order valence-corrected chi connectivity index (χ1v) is 14.4. The lowest BCUT2D eigenvalue weighted by atomic mass is 9.53. The molecule has 41 heavy (non-hydrogen) atoms. The third-order valence-corrected chi connectivity index (χ3v) is 8.19. The van der Waals surface area contributed by atoms with E-state index in [1.165, 1.54) is 16.7 Å². The fraction of sp³-hybridized carbons (Fsp3) is 0.394. The van der Waals surface area contributed by atoms with Crippen molar-refractivity contribution >= 4 is 11.4 Å². The first-order valence-electron chi connectivity index (χ1n) is 14.4. The molecule has 4 N–H and O–H groups in total. The topological polar surface area (TPSA) is 111 Å². The quantitative estimate of drug-likeness (QED) is 0.260. The Hall–Kier alpha value is -3.88. The second-order valence-electron chi connectivity index (χ2n) is 12.3. The Morgan fingerprint density at radius 1 is 1.07 bits per heavy atom. The Labute approximate surface area is 240 Å². The van der Waals surface area contributed by atoms with Crippen molar-refractivity contribution in [1.82, 2.24) is 14.9 Å². The molecule has 2 aliphatic carbocycles. The fourth-order valence-corrected chi connectivity index (χ4v) is 6.15. The van der Waals surface area contributed by atoms with Crippen molar-refractivity contribution < 1.29 is 19.4 Å². The van der Waals surface area contributed by atoms with Gasteiger partial charge in [-0.05, 0) is 98.9 Å². The van der Waals surface area contributed by atoms with Crippen molar-refractivity contribution in [2.75, 3.05) is 13.2 Å². The van der Waals surface area contributed by atoms with Crippen molar-refractivity contribution in [2.45, 2.75) is 63.7 Å². The number of hydrogen-bond donors (Lipinski definition) is 3. The molecule has 0 unspecified atom stereocenters. The highest BCUT2D eigenvalue weighted by Gasteiger charge is 2.54. The maximum atomic E-state index is 13.0. The van der Waals surface area contributed by atoms with E-state index in [0.717, 1.165) is 43.4 Å². The summed E-state index contributed by atoms with van der Waals surface area (Å²) < 4.78 is 13.5. The summed E-state index contributed by atoms with van der Waals surface area (Å²) in [4.78, 5) is 13.0. The highest BCUT2D eigenvalue weighted by Crippen LogP contribution is 2.56. The fourth-order valence-electron chi connectivity index (χ4n) is 6.15. The third-order valence-electron chi connectivity index (χ3n) is 8.19. The van der Waals surface area contributed by atoms with E-state index in [1.54, 1.807) is 36.8 Å². The average Bonchev–Trinajstić information content (AvgIpc) is 3.33. The number of benzene rings is 2. The number of nitrogens with two attached hydrogens (primary N) is 1. The van der Waals surface area contributed by atoms with Gasteiger partial charge in [-0.25, -0.2) is 4.52 Å². The minimum Gasteiger partial charge on any atom is -0.490 e. The number of nitrogens with zero attached hydrogens (tertiary/aromatic N) is 2. The molecule has 8 heteroatoms. The Morgan fingerprint density at radius 3 is 2.56 bits per heavy atom. The van der Waals surface area contributed by atoms with Gasteiger partial charge in [-0.1, -0.05) is 36.4 Å². The molecule has 4 aromatic rings. The molecule has 1 spiro atoms. The summed E-state index contributed by atoms with van der Waals surface area (Å²) in [6.07, 6.45) is 8.41. The average molecular weight is 555 g/mol. The lowest BCUT2D eigenvalue weighted by Crippen LogP contribution is -2.58. The third kappa shape index (κ3) is 6.09. The number of fused-ring (bicyclic) bond motifs is 1. The van der Waals surface area contributed by atoms with E-state index in [-0.39, 0.29) is 30.1 Å². The van der Waals surface area contributed by atoms with Gasteiger partial charge < -0.3 is 25.6 Å². The first-order chi connectivity index (χ1) is 19.7. The predicted octanol–water partition coefficient (Wildman–Crippen LogP) is 4.77. The Morgan fingerprint density at radius 2 is 1.83 bits per heavy atom. The molecule has 0 saturated heterocycles. The van der Waals surface area contributed by atoms with Gasteiger partial charge in [0.05, 0.1) is 35.2 Å². The van der Waals surface area contributed by atoms with Crippen molar-refractivity contribution in [3.05, 3.63) is 84.2 Å². The van der Waals surface area contributed by atoms with Crippen LogP contribution in [0.2, 0.25) is 0 Å². The molecule has 2 saturated carbocycles. The molecule has 2 aromatic carbocycles. The first kappa shape index (κ1) is 27.3. The molecule has 0 radical (unpaired) electrons. The monoisotopic (exact) mass is 554 g/mol. The maximum absolute atomic E-state index is 13.0. The van der Waals surface area contributed by atoms with E-state index in [0.29, 0.717) is 17.9 Å². The second-order valence-corrected chi connectivity index (χ2v) is 12.3. The largest absolute Gasteiger partial charge is 0.490 e. The van der Waals surface area contributed by atoms with E-state index in [4.69, 9.17) is 15.2 Å². The summed E-state index contributed by atoms with van der Waals surface area (Å²) in [5.74, 6) is 1.38. The van der Waals surface area contributed by atoms with Crippen LogP contribution in [0.15, 0.2) is 73.1 Å². The number of carbonyl (C=O) groups excluding carboxylic acids is 1. The molecule has 2 heterocycles. The van der Waals surface area contributed by atoms with Gasteiger partial charge >= 0.3 is 0 Å². The molecular formula is C33H38N4O4. The number of ether oxygens (including phenoxy) is 2. The molecule has 2 aliphatic rings. The molecule has 0 aliphatic heterocycles. The highest BCUT2D eigenvalue weighted by atomic mass is 16.5. The summed E-state index contributed by atoms with van der Waals surface area (Å²) in [6.45, 7) is 4.19. The van der Waals surface area contributed by atoms with Gasteiger partial charge in [-0.3, -0.25) is 4.79 Å². The number of aliphatic hydroxyl groups is 1. The van der Waals surface area contributed by atoms with Crippen molar-refractivity contribution in [1.29, 1.82) is 0 Å². The summed E-state index contributed by atoms with van der Waals surface area (Å²) in [5, 5.41) is 17.4. The molecule has 0 atom stereocenters. The van der Waals surface area contributed by atoms with Crippen LogP contribution in [0.25, 0.3) is 16.6 Å². The van der Waals surface area contributed by atoms with Gasteiger partial charge in [0.1, 0.15) is 18.1 Å². The molecule has 1 amide bonds. The van der Waals surface area contributed by atoms with Crippen LogP contribution in [0.1, 0.15) is 55.5 Å². The van der Waals surface area contributed by atoms with Crippen molar-refractivity contribution in [3.63, 3.8) is 0 Å². The van der Waals surface area contributed by atoms with Crippen LogP contribution in [-0.2, 0) is 6.42 Å². The molecule has 2 fully saturated rings. The maximum Gasteiger partial charge on any atom is 0.255 e. The zero-order valence-corrected chi connectivity index (χ0v) is 23.7. The zero-order valence-electron chi connectivity index (χ0n) is 23.7. The number of aromatic nitrogens is 2. The van der Waals surface area contributed by atoms with Crippen LogP contribution in [0, 0.1) is 5.41 Å². The number of amides is 1. The highest BCUT2D eigenvalue weighted by molar-refractivity contribution is 6.00. The normalized spacial score (nSPS) is 21.8. The summed E-state index contributed by atoms with van der Waals surface area (Å²) in [6, 6.07) is 20.6. The van der Waals surface area contributed by atoms with E-state index in [9.17, 15) is 9.90 Å². The van der Waals surface area contributed by atoms with E-state index in [1.807, 2.05) is 6.07 Å². The Bertz CT molecular complexity index is 1530. The van der Waals surface area contributed by atoms with Crippen LogP contribution >= 0.6 is 0 Å². The minimum absolute atomic E-state index is 0.106. The summed E-state index contributed by atoms with van der Waals surface area (Å²) in [5.41, 5.74) is 9.94. The standard InChI is InChI=1S/C33H38N4O4/c1-32(2,39)21-40-27-10-11-30-29(19-35-37(30)20-27)31(38)36-25-15-33(16-25)17-28(18-33)41-26-8-6-23(7-9-26)24-5-3-4-22(14-24)12-13-34/h3-11,14,19-20,25,28,39H,12-13,15-18,21,34H2,1-2H3,(H,36,38). The van der Waals surface area contributed by atoms with Crippen molar-refractivity contribution in [3.8, 4) is 22.6 Å². The van der Waals surface area contributed by atoms with Crippen LogP contribution in [-0.4, -0.2) is 51.5 Å². The van der Waals surface area contributed by atoms with Crippen molar-refractivity contribution in [2.24, 2.45) is 11.1 Å². The van der Waals surface area contributed by atoms with E-state index < -0.39 is 5.60 Å². The zero-order chi connectivity index (χ0) is 28.6. The molecule has 6 rings (SSSR count). The molecule has 2 aromatic heterocycles. The number of rotatable bonds is 10. The summed E-state index contributed by atoms with van der Waals surface area (Å²) in [7, 11) is 0. The van der Waals surface area contributed by atoms with Crippen LogP contribution in [0.3, 0.4) is 0 Å². The second kappa shape index (κ2) is 10.8. The molecular weight excluding hydrogens is 516 g/mol. The number of hydrogen-bond acceptors (Lipinski definition) is 6. The van der Waals surface area contributed by atoms with Crippen LogP contribution in [0.4, 0.5) is 0 Å². The van der Waals surface area contributed by atoms with Gasteiger partial charge in [0.25, 0.3) is 5.91 Å². The molecule has 8 nitrogen and oxygen atoms in total. The smallest absolute Gasteiger partial charge is 0.255 e. The van der Waals surface area contributed by atoms with E-state index in [2.05, 4.69) is 58.9 Å². The molecule has 214 valence electrons. The lowest BCUT2D eigenvalue weighted by Gasteiger charge is -2.57. The SMILES string of the molecule is CC(C)(O)COc1ccc2c(C(=O)NC3CC4(C3)CC(Oc3ccc(-c5cccc(CCN)c5)cc3)C4)cnn2c1. The Kier molecular flexibility index (Phi) is 7.21. The molecule has 0 bridgehead atoms. The van der Waals surface area contributed by atoms with E-state index >= 15 is 0 Å². The van der Waals surface area contributed by atoms with Gasteiger partial charge in [0.2, 0.25) is 0 Å². The lowest BCUT2D eigenvalue weighted by molar-refractivity contribution is -0.0833. The van der Waals surface area contributed by atoms with Gasteiger partial charge in [0, 0.05) is 6.04 Å². The Balaban J connectivity index is 0.971. The van der Waals surface area contributed by atoms with Crippen LogP contribution in [0.5, 0.6) is 11.5 Å².